The minimum Gasteiger partial charge on any atom is -0.380 e. The molecule has 0 saturated carbocycles. The molecule has 5 nitrogen and oxygen atoms in total. The number of hydrogen-bond donors (Lipinski definition) is 1. The monoisotopic (exact) mass is 395 g/mol. The number of aromatic amines is 1. The number of nitrogens with one attached hydrogen (secondary N) is 1. The van der Waals surface area contributed by atoms with Crippen molar-refractivity contribution in [1.82, 2.24) is 14.9 Å². The summed E-state index contributed by atoms with van der Waals surface area (Å²) in [4.78, 5) is 22.2. The van der Waals surface area contributed by atoms with Gasteiger partial charge in [0.25, 0.3) is 5.56 Å². The van der Waals surface area contributed by atoms with Crippen molar-refractivity contribution in [3.05, 3.63) is 75.5 Å². The summed E-state index contributed by atoms with van der Waals surface area (Å²) in [7, 11) is 0. The Balaban J connectivity index is 1.64. The summed E-state index contributed by atoms with van der Waals surface area (Å²) < 4.78 is 5.53. The molecule has 4 rings (SSSR count). The molecular formula is C22H22ClN3O2. The van der Waals surface area contributed by atoms with Gasteiger partial charge in [0.15, 0.2) is 0 Å². The fourth-order valence-electron chi connectivity index (χ4n) is 3.43. The van der Waals surface area contributed by atoms with E-state index in [9.17, 15) is 4.79 Å². The number of ether oxygens (including phenoxy) is 1. The van der Waals surface area contributed by atoms with Crippen molar-refractivity contribution in [3.8, 4) is 22.6 Å². The molecule has 1 fully saturated rings. The maximum Gasteiger partial charge on any atom is 0.251 e. The minimum absolute atomic E-state index is 0.199. The van der Waals surface area contributed by atoms with Crippen molar-refractivity contribution in [2.24, 2.45) is 0 Å². The maximum absolute atomic E-state index is 12.2. The van der Waals surface area contributed by atoms with Gasteiger partial charge < -0.3 is 9.72 Å². The van der Waals surface area contributed by atoms with Crippen LogP contribution in [0.15, 0.2) is 59.4 Å². The third kappa shape index (κ3) is 4.50. The zero-order valence-corrected chi connectivity index (χ0v) is 16.3. The van der Waals surface area contributed by atoms with Crippen LogP contribution in [0.1, 0.15) is 12.0 Å². The van der Waals surface area contributed by atoms with Gasteiger partial charge in [0.2, 0.25) is 0 Å². The third-order valence-electron chi connectivity index (χ3n) is 4.81. The summed E-state index contributed by atoms with van der Waals surface area (Å²) in [5, 5.41) is 0.573. The van der Waals surface area contributed by atoms with Crippen LogP contribution in [0.25, 0.3) is 22.6 Å². The molecular weight excluding hydrogens is 374 g/mol. The van der Waals surface area contributed by atoms with E-state index in [1.165, 1.54) is 11.6 Å². The second-order valence-corrected chi connectivity index (χ2v) is 7.31. The van der Waals surface area contributed by atoms with Crippen molar-refractivity contribution in [2.45, 2.75) is 13.0 Å². The molecule has 0 spiro atoms. The van der Waals surface area contributed by atoms with Gasteiger partial charge in [-0.3, -0.25) is 9.69 Å². The highest BCUT2D eigenvalue weighted by Gasteiger charge is 2.12. The van der Waals surface area contributed by atoms with E-state index in [2.05, 4.69) is 27.0 Å². The van der Waals surface area contributed by atoms with Gasteiger partial charge >= 0.3 is 0 Å². The average Bonchev–Trinajstić information content (AvgIpc) is 2.97. The lowest BCUT2D eigenvalue weighted by atomic mass is 10.1. The molecule has 3 aromatic rings. The Labute approximate surface area is 169 Å². The van der Waals surface area contributed by atoms with Crippen LogP contribution in [0.5, 0.6) is 0 Å². The number of benzene rings is 2. The van der Waals surface area contributed by atoms with Crippen LogP contribution in [0, 0.1) is 0 Å². The van der Waals surface area contributed by atoms with Crippen molar-refractivity contribution in [1.29, 1.82) is 0 Å². The van der Waals surface area contributed by atoms with Gasteiger partial charge in [-0.05, 0) is 24.1 Å². The Morgan fingerprint density at radius 2 is 1.96 bits per heavy atom. The molecule has 0 aliphatic carbocycles. The SMILES string of the molecule is O=c1cc(-c2ccccc2Cl)nc(-c2cccc(CN3CCCOCC3)c2)[nH]1. The first-order valence-corrected chi connectivity index (χ1v) is 9.82. The average molecular weight is 396 g/mol. The largest absolute Gasteiger partial charge is 0.380 e. The van der Waals surface area contributed by atoms with Crippen molar-refractivity contribution < 1.29 is 4.74 Å². The molecule has 1 aromatic heterocycles. The van der Waals surface area contributed by atoms with Crippen molar-refractivity contribution in [3.63, 3.8) is 0 Å². The lowest BCUT2D eigenvalue weighted by molar-refractivity contribution is 0.140. The summed E-state index contributed by atoms with van der Waals surface area (Å²) in [5.41, 5.74) is 3.19. The van der Waals surface area contributed by atoms with E-state index in [1.54, 1.807) is 6.07 Å². The number of rotatable bonds is 4. The standard InChI is InChI=1S/C22H22ClN3O2/c23-19-8-2-1-7-18(19)20-14-21(27)25-22(24-20)17-6-3-5-16(13-17)15-26-9-4-11-28-12-10-26/h1-3,5-8,13-14H,4,9-12,15H2,(H,24,25,27). The van der Waals surface area contributed by atoms with E-state index in [-0.39, 0.29) is 5.56 Å². The quantitative estimate of drug-likeness (QED) is 0.726. The molecule has 0 bridgehead atoms. The lowest BCUT2D eigenvalue weighted by Crippen LogP contribution is -2.25. The predicted octanol–water partition coefficient (Wildman–Crippen LogP) is 3.98. The highest BCUT2D eigenvalue weighted by atomic mass is 35.5. The first-order chi connectivity index (χ1) is 13.7. The minimum atomic E-state index is -0.199. The topological polar surface area (TPSA) is 58.2 Å². The molecule has 28 heavy (non-hydrogen) atoms. The molecule has 1 aliphatic rings. The molecule has 144 valence electrons. The van der Waals surface area contributed by atoms with Crippen LogP contribution in [0.3, 0.4) is 0 Å². The van der Waals surface area contributed by atoms with Crippen LogP contribution in [-0.4, -0.2) is 41.2 Å². The molecule has 6 heteroatoms. The van der Waals surface area contributed by atoms with E-state index >= 15 is 0 Å². The smallest absolute Gasteiger partial charge is 0.251 e. The second kappa shape index (κ2) is 8.69. The van der Waals surface area contributed by atoms with Gasteiger partial charge in [-0.2, -0.15) is 0 Å². The molecule has 0 unspecified atom stereocenters. The second-order valence-electron chi connectivity index (χ2n) is 6.90. The normalized spacial score (nSPS) is 15.3. The van der Waals surface area contributed by atoms with Gasteiger partial charge in [-0.15, -0.1) is 0 Å². The van der Waals surface area contributed by atoms with Gasteiger partial charge in [0, 0.05) is 48.5 Å². The Kier molecular flexibility index (Phi) is 5.86. The number of H-pyrrole nitrogens is 1. The summed E-state index contributed by atoms with van der Waals surface area (Å²) >= 11 is 6.29. The summed E-state index contributed by atoms with van der Waals surface area (Å²) in [6.45, 7) is 4.42. The number of halogens is 1. The van der Waals surface area contributed by atoms with E-state index in [4.69, 9.17) is 16.3 Å². The van der Waals surface area contributed by atoms with Gasteiger partial charge in [0.05, 0.1) is 12.3 Å². The molecule has 1 saturated heterocycles. The predicted molar refractivity (Wildman–Crippen MR) is 111 cm³/mol. The van der Waals surface area contributed by atoms with Gasteiger partial charge in [0.1, 0.15) is 5.82 Å². The van der Waals surface area contributed by atoms with E-state index in [0.717, 1.165) is 50.4 Å². The molecule has 2 heterocycles. The first-order valence-electron chi connectivity index (χ1n) is 9.45. The molecule has 1 N–H and O–H groups in total. The highest BCUT2D eigenvalue weighted by molar-refractivity contribution is 6.33. The van der Waals surface area contributed by atoms with Gasteiger partial charge in [-0.25, -0.2) is 4.98 Å². The Hall–Kier alpha value is -2.47. The Morgan fingerprint density at radius 1 is 1.07 bits per heavy atom. The molecule has 2 aromatic carbocycles. The van der Waals surface area contributed by atoms with Crippen LogP contribution in [-0.2, 0) is 11.3 Å². The summed E-state index contributed by atoms with van der Waals surface area (Å²) in [5.74, 6) is 0.545. The highest BCUT2D eigenvalue weighted by Crippen LogP contribution is 2.26. The van der Waals surface area contributed by atoms with Crippen LogP contribution in [0.4, 0.5) is 0 Å². The van der Waals surface area contributed by atoms with Crippen molar-refractivity contribution in [2.75, 3.05) is 26.3 Å². The van der Waals surface area contributed by atoms with E-state index in [0.29, 0.717) is 16.5 Å². The maximum atomic E-state index is 12.2. The molecule has 0 amide bonds. The number of hydrogen-bond acceptors (Lipinski definition) is 4. The zero-order chi connectivity index (χ0) is 19.3. The van der Waals surface area contributed by atoms with Crippen LogP contribution < -0.4 is 5.56 Å². The van der Waals surface area contributed by atoms with Crippen LogP contribution in [0.2, 0.25) is 5.02 Å². The lowest BCUT2D eigenvalue weighted by Gasteiger charge is -2.19. The first kappa shape index (κ1) is 18.9. The summed E-state index contributed by atoms with van der Waals surface area (Å²) in [6, 6.07) is 17.0. The molecule has 0 atom stereocenters. The Bertz CT molecular complexity index is 1010. The van der Waals surface area contributed by atoms with Crippen LogP contribution >= 0.6 is 11.6 Å². The molecule has 0 radical (unpaired) electrons. The molecule has 1 aliphatic heterocycles. The van der Waals surface area contributed by atoms with E-state index in [1.807, 2.05) is 30.3 Å². The number of nitrogens with zero attached hydrogens (tertiary/aromatic N) is 2. The van der Waals surface area contributed by atoms with Gasteiger partial charge in [-0.1, -0.05) is 48.0 Å². The number of aromatic nitrogens is 2. The zero-order valence-electron chi connectivity index (χ0n) is 15.5. The fourth-order valence-corrected chi connectivity index (χ4v) is 3.66. The van der Waals surface area contributed by atoms with E-state index < -0.39 is 0 Å². The van der Waals surface area contributed by atoms with Crippen molar-refractivity contribution >= 4 is 11.6 Å². The summed E-state index contributed by atoms with van der Waals surface area (Å²) in [6.07, 6.45) is 1.05. The Morgan fingerprint density at radius 3 is 2.86 bits per heavy atom. The third-order valence-corrected chi connectivity index (χ3v) is 5.14. The fraction of sp³-hybridized carbons (Fsp3) is 0.273.